The first-order valence-electron chi connectivity index (χ1n) is 6.07. The lowest BCUT2D eigenvalue weighted by molar-refractivity contribution is -0.134. The van der Waals surface area contributed by atoms with Gasteiger partial charge < -0.3 is 15.5 Å². The first-order valence-corrected chi connectivity index (χ1v) is 7.06. The molecule has 2 saturated heterocycles. The molecule has 0 saturated carbocycles. The van der Waals surface area contributed by atoms with Crippen LogP contribution in [0.2, 0.25) is 0 Å². The summed E-state index contributed by atoms with van der Waals surface area (Å²) in [7, 11) is 1.94. The van der Waals surface area contributed by atoms with Crippen molar-refractivity contribution in [3.8, 4) is 0 Å². The van der Waals surface area contributed by atoms with Crippen molar-refractivity contribution >= 4 is 22.9 Å². The second-order valence-electron chi connectivity index (χ2n) is 4.65. The van der Waals surface area contributed by atoms with E-state index in [4.69, 9.17) is 0 Å². The molecule has 2 aliphatic heterocycles. The highest BCUT2D eigenvalue weighted by atomic mass is 32.2. The molecule has 0 aromatic heterocycles. The van der Waals surface area contributed by atoms with Crippen LogP contribution in [0.1, 0.15) is 12.8 Å². The summed E-state index contributed by atoms with van der Waals surface area (Å²) in [5, 5.41) is 5.80. The molecule has 2 atom stereocenters. The molecule has 2 rings (SSSR count). The molecule has 0 radical (unpaired) electrons. The van der Waals surface area contributed by atoms with Crippen LogP contribution < -0.4 is 10.6 Å². The maximum atomic E-state index is 12.2. The number of carbonyl (C=O) groups excluding carboxylic acids is 2. The fourth-order valence-electron chi connectivity index (χ4n) is 2.46. The summed E-state index contributed by atoms with van der Waals surface area (Å²) in [5.74, 6) is 1.21. The molecule has 2 amide bonds. The molecule has 2 heterocycles. The Bertz CT molecular complexity index is 309. The Morgan fingerprint density at radius 3 is 3.12 bits per heavy atom. The predicted octanol–water partition coefficient (Wildman–Crippen LogP) is 0.269. The predicted molar refractivity (Wildman–Crippen MR) is 68.0 cm³/mol. The van der Waals surface area contributed by atoms with Crippen molar-refractivity contribution in [1.29, 1.82) is 0 Å². The van der Waals surface area contributed by atoms with E-state index in [9.17, 15) is 9.59 Å². The van der Waals surface area contributed by atoms with Gasteiger partial charge in [-0.15, -0.1) is 0 Å². The van der Waals surface area contributed by atoms with Crippen LogP contribution in [-0.4, -0.2) is 54.5 Å². The zero-order chi connectivity index (χ0) is 12.3. The Morgan fingerprint density at radius 2 is 2.47 bits per heavy atom. The first-order chi connectivity index (χ1) is 8.20. The summed E-state index contributed by atoms with van der Waals surface area (Å²) in [6, 6.07) is -0.305. The van der Waals surface area contributed by atoms with Gasteiger partial charge in [-0.05, 0) is 32.4 Å². The molecule has 0 aromatic carbocycles. The van der Waals surface area contributed by atoms with Crippen LogP contribution in [0, 0.1) is 5.92 Å². The summed E-state index contributed by atoms with van der Waals surface area (Å²) in [6.45, 7) is 2.60. The zero-order valence-electron chi connectivity index (χ0n) is 10.1. The molecule has 6 heteroatoms. The Balaban J connectivity index is 1.88. The summed E-state index contributed by atoms with van der Waals surface area (Å²) in [5.41, 5.74) is 0. The number of nitrogens with one attached hydrogen (secondary N) is 2. The van der Waals surface area contributed by atoms with Crippen LogP contribution >= 0.6 is 11.8 Å². The first kappa shape index (κ1) is 12.7. The smallest absolute Gasteiger partial charge is 0.279 e. The SMILES string of the molecule is CNCC1CCCN(C(=O)C2CSC(=O)N2)C1. The van der Waals surface area contributed by atoms with Gasteiger partial charge in [0, 0.05) is 18.8 Å². The molecule has 96 valence electrons. The van der Waals surface area contributed by atoms with Gasteiger partial charge in [-0.25, -0.2) is 0 Å². The van der Waals surface area contributed by atoms with Gasteiger partial charge in [0.2, 0.25) is 5.91 Å². The van der Waals surface area contributed by atoms with Gasteiger partial charge in [0.25, 0.3) is 5.24 Å². The van der Waals surface area contributed by atoms with Gasteiger partial charge in [0.1, 0.15) is 6.04 Å². The van der Waals surface area contributed by atoms with Crippen molar-refractivity contribution < 1.29 is 9.59 Å². The molecule has 5 nitrogen and oxygen atoms in total. The van der Waals surface area contributed by atoms with E-state index in [0.29, 0.717) is 11.7 Å². The van der Waals surface area contributed by atoms with Crippen molar-refractivity contribution in [3.63, 3.8) is 0 Å². The van der Waals surface area contributed by atoms with E-state index in [1.807, 2.05) is 11.9 Å². The van der Waals surface area contributed by atoms with E-state index in [1.54, 1.807) is 0 Å². The molecule has 2 aliphatic rings. The summed E-state index contributed by atoms with van der Waals surface area (Å²) in [6.07, 6.45) is 2.24. The average Bonchev–Trinajstić information content (AvgIpc) is 2.76. The highest BCUT2D eigenvalue weighted by Crippen LogP contribution is 2.20. The third-order valence-corrected chi connectivity index (χ3v) is 4.17. The number of nitrogens with zero attached hydrogens (tertiary/aromatic N) is 1. The van der Waals surface area contributed by atoms with E-state index >= 15 is 0 Å². The fourth-order valence-corrected chi connectivity index (χ4v) is 3.23. The van der Waals surface area contributed by atoms with Crippen LogP contribution in [0.25, 0.3) is 0 Å². The average molecular weight is 257 g/mol. The molecule has 2 fully saturated rings. The van der Waals surface area contributed by atoms with E-state index in [2.05, 4.69) is 10.6 Å². The molecule has 0 bridgehead atoms. The number of hydrogen-bond donors (Lipinski definition) is 2. The van der Waals surface area contributed by atoms with Crippen LogP contribution in [0.5, 0.6) is 0 Å². The lowest BCUT2D eigenvalue weighted by atomic mass is 9.97. The number of likely N-dealkylation sites (tertiary alicyclic amines) is 1. The Morgan fingerprint density at radius 1 is 1.65 bits per heavy atom. The minimum atomic E-state index is -0.305. The Kier molecular flexibility index (Phi) is 4.28. The molecule has 0 spiro atoms. The topological polar surface area (TPSA) is 61.4 Å². The maximum Gasteiger partial charge on any atom is 0.279 e. The molecule has 2 N–H and O–H groups in total. The highest BCUT2D eigenvalue weighted by Gasteiger charge is 2.33. The molecule has 2 unspecified atom stereocenters. The lowest BCUT2D eigenvalue weighted by Crippen LogP contribution is -2.50. The van der Waals surface area contributed by atoms with Crippen LogP contribution in [0.15, 0.2) is 0 Å². The molecule has 0 aromatic rings. The van der Waals surface area contributed by atoms with Gasteiger partial charge >= 0.3 is 0 Å². The van der Waals surface area contributed by atoms with Crippen molar-refractivity contribution in [2.75, 3.05) is 32.4 Å². The van der Waals surface area contributed by atoms with Gasteiger partial charge in [0.05, 0.1) is 0 Å². The number of carbonyl (C=O) groups is 2. The van der Waals surface area contributed by atoms with E-state index < -0.39 is 0 Å². The van der Waals surface area contributed by atoms with Crippen LogP contribution in [0.3, 0.4) is 0 Å². The van der Waals surface area contributed by atoms with Gasteiger partial charge in [0.15, 0.2) is 0 Å². The van der Waals surface area contributed by atoms with E-state index in [1.165, 1.54) is 18.2 Å². The number of thioether (sulfide) groups is 1. The second-order valence-corrected chi connectivity index (χ2v) is 5.64. The van der Waals surface area contributed by atoms with Crippen molar-refractivity contribution in [1.82, 2.24) is 15.5 Å². The number of rotatable bonds is 3. The van der Waals surface area contributed by atoms with E-state index in [-0.39, 0.29) is 17.2 Å². The van der Waals surface area contributed by atoms with Gasteiger partial charge in [-0.1, -0.05) is 11.8 Å². The summed E-state index contributed by atoms with van der Waals surface area (Å²) in [4.78, 5) is 25.2. The minimum absolute atomic E-state index is 0.0767. The van der Waals surface area contributed by atoms with Gasteiger partial charge in [-0.2, -0.15) is 0 Å². The van der Waals surface area contributed by atoms with Crippen molar-refractivity contribution in [2.24, 2.45) is 5.92 Å². The minimum Gasteiger partial charge on any atom is -0.341 e. The number of piperidine rings is 1. The van der Waals surface area contributed by atoms with Crippen LogP contribution in [0.4, 0.5) is 4.79 Å². The Hall–Kier alpha value is -0.750. The Labute approximate surface area is 106 Å². The fraction of sp³-hybridized carbons (Fsp3) is 0.818. The molecular formula is C11H19N3O2S. The van der Waals surface area contributed by atoms with Crippen molar-refractivity contribution in [2.45, 2.75) is 18.9 Å². The third kappa shape index (κ3) is 3.13. The normalized spacial score (nSPS) is 29.2. The molecular weight excluding hydrogens is 238 g/mol. The molecule has 0 aliphatic carbocycles. The highest BCUT2D eigenvalue weighted by molar-refractivity contribution is 8.14. The monoisotopic (exact) mass is 257 g/mol. The standard InChI is InChI=1S/C11H19N3O2S/c1-12-5-8-3-2-4-14(6-8)10(15)9-7-17-11(16)13-9/h8-9,12H,2-7H2,1H3,(H,13,16). The third-order valence-electron chi connectivity index (χ3n) is 3.29. The summed E-state index contributed by atoms with van der Waals surface area (Å²) >= 11 is 1.20. The lowest BCUT2D eigenvalue weighted by Gasteiger charge is -2.34. The zero-order valence-corrected chi connectivity index (χ0v) is 10.9. The second kappa shape index (κ2) is 5.73. The van der Waals surface area contributed by atoms with E-state index in [0.717, 1.165) is 26.1 Å². The number of amides is 2. The quantitative estimate of drug-likeness (QED) is 0.762. The summed E-state index contributed by atoms with van der Waals surface area (Å²) < 4.78 is 0. The maximum absolute atomic E-state index is 12.2. The largest absolute Gasteiger partial charge is 0.341 e. The van der Waals surface area contributed by atoms with Gasteiger partial charge in [-0.3, -0.25) is 9.59 Å². The van der Waals surface area contributed by atoms with Crippen LogP contribution in [-0.2, 0) is 4.79 Å². The number of hydrogen-bond acceptors (Lipinski definition) is 4. The molecule has 17 heavy (non-hydrogen) atoms. The van der Waals surface area contributed by atoms with Crippen molar-refractivity contribution in [3.05, 3.63) is 0 Å².